The first-order chi connectivity index (χ1) is 15.0. The van der Waals surface area contributed by atoms with Crippen molar-refractivity contribution in [2.75, 3.05) is 6.61 Å². The number of rotatable bonds is 9. The second kappa shape index (κ2) is 10.9. The molecule has 166 valence electrons. The normalized spacial score (nSPS) is 14.3. The van der Waals surface area contributed by atoms with E-state index in [-0.39, 0.29) is 11.8 Å². The summed E-state index contributed by atoms with van der Waals surface area (Å²) >= 11 is 1.47. The molecular formula is C27H34O3S. The minimum atomic E-state index is -0.805. The first-order valence-electron chi connectivity index (χ1n) is 11.6. The monoisotopic (exact) mass is 438 g/mol. The Morgan fingerprint density at radius 1 is 1.13 bits per heavy atom. The van der Waals surface area contributed by atoms with Crippen molar-refractivity contribution in [2.24, 2.45) is 0 Å². The zero-order valence-electron chi connectivity index (χ0n) is 19.1. The molecule has 0 unspecified atom stereocenters. The Morgan fingerprint density at radius 3 is 2.65 bits per heavy atom. The maximum atomic E-state index is 11.0. The third kappa shape index (κ3) is 5.71. The van der Waals surface area contributed by atoms with Crippen molar-refractivity contribution in [2.45, 2.75) is 84.0 Å². The smallest absolute Gasteiger partial charge is 0.308 e. The summed E-state index contributed by atoms with van der Waals surface area (Å²) in [5.74, 6) is 6.97. The lowest BCUT2D eigenvalue weighted by molar-refractivity contribution is -0.136. The van der Waals surface area contributed by atoms with Crippen LogP contribution in [0.5, 0.6) is 5.75 Å². The maximum absolute atomic E-state index is 11.0. The number of carboxylic acid groups (broad SMARTS) is 1. The second-order valence-electron chi connectivity index (χ2n) is 8.49. The Morgan fingerprint density at radius 2 is 1.94 bits per heavy atom. The third-order valence-corrected chi connectivity index (χ3v) is 7.58. The summed E-state index contributed by atoms with van der Waals surface area (Å²) in [4.78, 5) is 12.7. The number of ether oxygens (including phenoxy) is 1. The van der Waals surface area contributed by atoms with Gasteiger partial charge in [0.1, 0.15) is 5.75 Å². The van der Waals surface area contributed by atoms with Crippen LogP contribution < -0.4 is 4.74 Å². The van der Waals surface area contributed by atoms with Crippen molar-refractivity contribution in [3.05, 3.63) is 50.7 Å². The highest BCUT2D eigenvalue weighted by atomic mass is 32.1. The molecule has 1 aliphatic heterocycles. The van der Waals surface area contributed by atoms with Crippen LogP contribution in [0.3, 0.4) is 0 Å². The van der Waals surface area contributed by atoms with E-state index in [4.69, 9.17) is 9.84 Å². The lowest BCUT2D eigenvalue weighted by Crippen LogP contribution is -2.32. The van der Waals surface area contributed by atoms with E-state index < -0.39 is 5.97 Å². The Balaban J connectivity index is 1.96. The molecule has 31 heavy (non-hydrogen) atoms. The third-order valence-electron chi connectivity index (χ3n) is 6.58. The van der Waals surface area contributed by atoms with Gasteiger partial charge >= 0.3 is 5.97 Å². The summed E-state index contributed by atoms with van der Waals surface area (Å²) in [6, 6.07) is 8.33. The fraction of sp³-hybridized carbons (Fsp3) is 0.519. The zero-order chi connectivity index (χ0) is 22.3. The van der Waals surface area contributed by atoms with Gasteiger partial charge in [0, 0.05) is 21.4 Å². The van der Waals surface area contributed by atoms with Gasteiger partial charge in [0.25, 0.3) is 0 Å². The lowest BCUT2D eigenvalue weighted by atomic mass is 9.71. The molecule has 1 N–H and O–H groups in total. The largest absolute Gasteiger partial charge is 0.493 e. The summed E-state index contributed by atoms with van der Waals surface area (Å²) < 4.78 is 6.11. The molecule has 1 aliphatic rings. The van der Waals surface area contributed by atoms with Gasteiger partial charge in [-0.05, 0) is 61.9 Å². The van der Waals surface area contributed by atoms with Crippen LogP contribution in [-0.4, -0.2) is 17.7 Å². The second-order valence-corrected chi connectivity index (χ2v) is 9.66. The van der Waals surface area contributed by atoms with E-state index in [0.29, 0.717) is 0 Å². The van der Waals surface area contributed by atoms with Crippen molar-refractivity contribution in [3.63, 3.8) is 0 Å². The van der Waals surface area contributed by atoms with E-state index in [0.717, 1.165) is 59.8 Å². The Kier molecular flexibility index (Phi) is 8.21. The van der Waals surface area contributed by atoms with Crippen LogP contribution in [0.4, 0.5) is 0 Å². The molecule has 0 saturated heterocycles. The van der Waals surface area contributed by atoms with E-state index in [1.165, 1.54) is 41.7 Å². The molecule has 0 saturated carbocycles. The highest BCUT2D eigenvalue weighted by Crippen LogP contribution is 2.44. The maximum Gasteiger partial charge on any atom is 0.308 e. The Bertz CT molecular complexity index is 957. The molecule has 3 rings (SSSR count). The molecule has 2 aromatic rings. The minimum absolute atomic E-state index is 0.0563. The van der Waals surface area contributed by atoms with Crippen LogP contribution >= 0.6 is 11.3 Å². The van der Waals surface area contributed by atoms with E-state index in [1.54, 1.807) is 0 Å². The average molecular weight is 439 g/mol. The van der Waals surface area contributed by atoms with Crippen molar-refractivity contribution in [1.29, 1.82) is 0 Å². The van der Waals surface area contributed by atoms with Crippen LogP contribution in [0.2, 0.25) is 0 Å². The van der Waals surface area contributed by atoms with Crippen LogP contribution in [0.15, 0.2) is 24.3 Å². The van der Waals surface area contributed by atoms with E-state index >= 15 is 0 Å². The number of hydrogen-bond donors (Lipinski definition) is 1. The quantitative estimate of drug-likeness (QED) is 0.348. The molecule has 0 amide bonds. The van der Waals surface area contributed by atoms with Gasteiger partial charge in [-0.1, -0.05) is 51.9 Å². The molecule has 0 aliphatic carbocycles. The molecule has 0 radical (unpaired) electrons. The van der Waals surface area contributed by atoms with Gasteiger partial charge in [-0.25, -0.2) is 0 Å². The van der Waals surface area contributed by atoms with Gasteiger partial charge in [0.2, 0.25) is 0 Å². The Hall–Kier alpha value is -2.25. The summed E-state index contributed by atoms with van der Waals surface area (Å²) in [6.07, 6.45) is 9.22. The van der Waals surface area contributed by atoms with Crippen LogP contribution in [0, 0.1) is 11.8 Å². The molecular weight excluding hydrogens is 404 g/mol. The Labute approximate surface area is 190 Å². The van der Waals surface area contributed by atoms with E-state index in [9.17, 15) is 4.79 Å². The zero-order valence-corrected chi connectivity index (χ0v) is 19.9. The summed E-state index contributed by atoms with van der Waals surface area (Å²) in [5.41, 5.74) is 3.85. The van der Waals surface area contributed by atoms with Crippen LogP contribution in [0.1, 0.15) is 92.2 Å². The SMILES string of the molecule is CCCCCCc1cc2c(cc1C#Cc1ccc(CC(=O)O)s1)C(CC)(CC)CCO2. The fourth-order valence-corrected chi connectivity index (χ4v) is 5.37. The number of aliphatic carboxylic acids is 1. The fourth-order valence-electron chi connectivity index (χ4n) is 4.51. The summed E-state index contributed by atoms with van der Waals surface area (Å²) in [7, 11) is 0. The molecule has 0 fully saturated rings. The molecule has 0 spiro atoms. The molecule has 3 nitrogen and oxygen atoms in total. The lowest BCUT2D eigenvalue weighted by Gasteiger charge is -2.38. The van der Waals surface area contributed by atoms with Crippen molar-refractivity contribution in [1.82, 2.24) is 0 Å². The topological polar surface area (TPSA) is 46.5 Å². The first kappa shape index (κ1) is 23.4. The highest BCUT2D eigenvalue weighted by Gasteiger charge is 2.35. The molecule has 1 aromatic carbocycles. The number of unbranched alkanes of at least 4 members (excludes halogenated alkanes) is 3. The van der Waals surface area contributed by atoms with Gasteiger partial charge in [-0.15, -0.1) is 11.3 Å². The number of hydrogen-bond acceptors (Lipinski definition) is 3. The van der Waals surface area contributed by atoms with Gasteiger partial charge < -0.3 is 9.84 Å². The van der Waals surface area contributed by atoms with E-state index in [1.807, 2.05) is 12.1 Å². The highest BCUT2D eigenvalue weighted by molar-refractivity contribution is 7.12. The van der Waals surface area contributed by atoms with Crippen LogP contribution in [-0.2, 0) is 23.1 Å². The van der Waals surface area contributed by atoms with Crippen molar-refractivity contribution < 1.29 is 14.6 Å². The molecule has 2 heterocycles. The molecule has 4 heteroatoms. The molecule has 0 bridgehead atoms. The van der Waals surface area contributed by atoms with Gasteiger partial charge in [-0.3, -0.25) is 4.79 Å². The summed E-state index contributed by atoms with van der Waals surface area (Å²) in [5, 5.41) is 9.01. The average Bonchev–Trinajstić information content (AvgIpc) is 3.21. The van der Waals surface area contributed by atoms with Gasteiger partial charge in [0.15, 0.2) is 0 Å². The summed E-state index contributed by atoms with van der Waals surface area (Å²) in [6.45, 7) is 7.57. The first-order valence-corrected chi connectivity index (χ1v) is 12.5. The number of carboxylic acids is 1. The standard InChI is InChI=1S/C27H34O3S/c1-4-7-8-9-10-20-18-25-24(27(5-2,6-3)15-16-30-25)17-21(20)11-12-22-13-14-23(31-22)19-26(28)29/h13-14,17-18H,4-10,15-16,19H2,1-3H3,(H,28,29). The minimum Gasteiger partial charge on any atom is -0.493 e. The predicted molar refractivity (Wildman–Crippen MR) is 128 cm³/mol. The number of benzene rings is 1. The molecule has 1 aromatic heterocycles. The predicted octanol–water partition coefficient (Wildman–Crippen LogP) is 6.74. The van der Waals surface area contributed by atoms with Crippen molar-refractivity contribution >= 4 is 17.3 Å². The van der Waals surface area contributed by atoms with E-state index in [2.05, 4.69) is 44.7 Å². The number of carbonyl (C=O) groups is 1. The number of aryl methyl sites for hydroxylation is 1. The van der Waals surface area contributed by atoms with Gasteiger partial charge in [0.05, 0.1) is 17.9 Å². The van der Waals surface area contributed by atoms with Gasteiger partial charge in [-0.2, -0.15) is 0 Å². The van der Waals surface area contributed by atoms with Crippen LogP contribution in [0.25, 0.3) is 0 Å². The number of thiophene rings is 1. The molecule has 0 atom stereocenters. The van der Waals surface area contributed by atoms with Crippen molar-refractivity contribution in [3.8, 4) is 17.6 Å². The number of fused-ring (bicyclic) bond motifs is 1.